The molecule has 1 aromatic heterocycles. The van der Waals surface area contributed by atoms with Gasteiger partial charge in [-0.3, -0.25) is 4.79 Å². The van der Waals surface area contributed by atoms with E-state index in [1.807, 2.05) is 10.6 Å². The Bertz CT molecular complexity index is 1420. The molecule has 3 aromatic rings. The number of thiazole rings is 1. The van der Waals surface area contributed by atoms with E-state index in [1.54, 1.807) is 0 Å². The minimum Gasteiger partial charge on any atom is -0.305 e. The predicted octanol–water partition coefficient (Wildman–Crippen LogP) is 4.10. The standard InChI is InChI=1S/C25H26FN3O3S2/c1-3-5-7-18-9-14-21-23(17-18)33-25(28(21)15-4-2)27-24(30)22-8-6-16-29(22)34(31,32)20-12-10-19(26)11-13-20/h2,9-14,17,22H,3,5-8,15-16H2,1H3. The molecule has 0 spiro atoms. The molecule has 1 unspecified atom stereocenters. The summed E-state index contributed by atoms with van der Waals surface area (Å²) in [4.78, 5) is 18.0. The first-order valence-electron chi connectivity index (χ1n) is 11.3. The van der Waals surface area contributed by atoms with E-state index in [4.69, 9.17) is 6.42 Å². The van der Waals surface area contributed by atoms with Crippen LogP contribution in [0.25, 0.3) is 10.2 Å². The highest BCUT2D eigenvalue weighted by atomic mass is 32.2. The fourth-order valence-corrected chi connectivity index (χ4v) is 6.92. The van der Waals surface area contributed by atoms with Gasteiger partial charge in [-0.1, -0.05) is 36.7 Å². The lowest BCUT2D eigenvalue weighted by Crippen LogP contribution is -2.40. The number of nitrogens with zero attached hydrogens (tertiary/aromatic N) is 3. The van der Waals surface area contributed by atoms with Gasteiger partial charge in [0.2, 0.25) is 10.0 Å². The second-order valence-corrected chi connectivity index (χ2v) is 11.2. The van der Waals surface area contributed by atoms with Crippen LogP contribution in [0.3, 0.4) is 0 Å². The summed E-state index contributed by atoms with van der Waals surface area (Å²) in [6.45, 7) is 2.61. The molecule has 9 heteroatoms. The molecule has 0 N–H and O–H groups in total. The van der Waals surface area contributed by atoms with Gasteiger partial charge in [0.05, 0.1) is 21.7 Å². The maximum Gasteiger partial charge on any atom is 0.266 e. The molecule has 1 aliphatic rings. The van der Waals surface area contributed by atoms with Gasteiger partial charge >= 0.3 is 0 Å². The number of hydrogen-bond donors (Lipinski definition) is 0. The number of aryl methyl sites for hydroxylation is 1. The van der Waals surface area contributed by atoms with E-state index in [9.17, 15) is 17.6 Å². The van der Waals surface area contributed by atoms with Crippen LogP contribution in [0, 0.1) is 18.2 Å². The molecular weight excluding hydrogens is 473 g/mol. The zero-order chi connectivity index (χ0) is 24.3. The first kappa shape index (κ1) is 24.3. The van der Waals surface area contributed by atoms with Crippen molar-refractivity contribution in [2.75, 3.05) is 6.54 Å². The number of hydrogen-bond acceptors (Lipinski definition) is 4. The van der Waals surface area contributed by atoms with Crippen molar-refractivity contribution in [2.24, 2.45) is 4.99 Å². The SMILES string of the molecule is C#CCn1c(=NC(=O)C2CCCN2S(=O)(=O)c2ccc(F)cc2)sc2cc(CCCC)ccc21. The van der Waals surface area contributed by atoms with Gasteiger partial charge < -0.3 is 4.57 Å². The Kier molecular flexibility index (Phi) is 7.31. The molecule has 6 nitrogen and oxygen atoms in total. The van der Waals surface area contributed by atoms with Gasteiger partial charge in [-0.2, -0.15) is 9.30 Å². The summed E-state index contributed by atoms with van der Waals surface area (Å²) in [5.41, 5.74) is 2.12. The molecule has 178 valence electrons. The van der Waals surface area contributed by atoms with E-state index < -0.39 is 27.8 Å². The number of amides is 1. The number of halogens is 1. The molecule has 4 rings (SSSR count). The molecule has 1 atom stereocenters. The number of fused-ring (bicyclic) bond motifs is 1. The maximum atomic E-state index is 13.3. The summed E-state index contributed by atoms with van der Waals surface area (Å²) >= 11 is 1.38. The summed E-state index contributed by atoms with van der Waals surface area (Å²) in [5.74, 6) is 1.57. The molecule has 2 aromatic carbocycles. The molecule has 1 aliphatic heterocycles. The Morgan fingerprint density at radius 2 is 2.03 bits per heavy atom. The van der Waals surface area contributed by atoms with Crippen molar-refractivity contribution in [2.45, 2.75) is 56.5 Å². The normalized spacial score (nSPS) is 17.3. The van der Waals surface area contributed by atoms with Crippen molar-refractivity contribution in [3.63, 3.8) is 0 Å². The van der Waals surface area contributed by atoms with Crippen LogP contribution in [0.2, 0.25) is 0 Å². The molecule has 1 saturated heterocycles. The third-order valence-corrected chi connectivity index (χ3v) is 8.89. The van der Waals surface area contributed by atoms with Crippen molar-refractivity contribution in [3.05, 3.63) is 58.6 Å². The Morgan fingerprint density at radius 1 is 1.26 bits per heavy atom. The number of unbranched alkanes of at least 4 members (excludes halogenated alkanes) is 1. The van der Waals surface area contributed by atoms with Crippen LogP contribution in [-0.4, -0.2) is 35.8 Å². The van der Waals surface area contributed by atoms with Gasteiger partial charge in [0.15, 0.2) is 4.80 Å². The van der Waals surface area contributed by atoms with Crippen LogP contribution in [-0.2, 0) is 27.8 Å². The van der Waals surface area contributed by atoms with Crippen LogP contribution in [0.4, 0.5) is 4.39 Å². The molecule has 1 fully saturated rings. The van der Waals surface area contributed by atoms with E-state index in [0.29, 0.717) is 17.6 Å². The molecule has 0 bridgehead atoms. The van der Waals surface area contributed by atoms with E-state index in [-0.39, 0.29) is 18.0 Å². The first-order chi connectivity index (χ1) is 16.3. The van der Waals surface area contributed by atoms with Gasteiger partial charge in [0.25, 0.3) is 5.91 Å². The van der Waals surface area contributed by atoms with Crippen molar-refractivity contribution >= 4 is 37.5 Å². The van der Waals surface area contributed by atoms with E-state index in [1.165, 1.54) is 33.3 Å². The molecule has 0 saturated carbocycles. The highest BCUT2D eigenvalue weighted by Crippen LogP contribution is 2.27. The Hall–Kier alpha value is -2.80. The largest absolute Gasteiger partial charge is 0.305 e. The summed E-state index contributed by atoms with van der Waals surface area (Å²) in [6.07, 6.45) is 9.67. The van der Waals surface area contributed by atoms with Gasteiger partial charge in [-0.15, -0.1) is 6.42 Å². The van der Waals surface area contributed by atoms with Gasteiger partial charge in [-0.05, 0) is 67.6 Å². The van der Waals surface area contributed by atoms with Gasteiger partial charge in [-0.25, -0.2) is 12.8 Å². The van der Waals surface area contributed by atoms with E-state index in [0.717, 1.165) is 41.6 Å². The number of rotatable bonds is 7. The second-order valence-electron chi connectivity index (χ2n) is 8.26. The Morgan fingerprint density at radius 3 is 2.74 bits per heavy atom. The van der Waals surface area contributed by atoms with Crippen LogP contribution in [0.15, 0.2) is 52.4 Å². The zero-order valence-electron chi connectivity index (χ0n) is 18.9. The van der Waals surface area contributed by atoms with Gasteiger partial charge in [0.1, 0.15) is 11.9 Å². The number of benzene rings is 2. The minimum absolute atomic E-state index is 0.0440. The predicted molar refractivity (Wildman–Crippen MR) is 131 cm³/mol. The van der Waals surface area contributed by atoms with Crippen LogP contribution in [0.1, 0.15) is 38.2 Å². The maximum absolute atomic E-state index is 13.3. The summed E-state index contributed by atoms with van der Waals surface area (Å²) in [7, 11) is -3.95. The van der Waals surface area contributed by atoms with E-state index >= 15 is 0 Å². The van der Waals surface area contributed by atoms with Gasteiger partial charge in [0, 0.05) is 6.54 Å². The quantitative estimate of drug-likeness (QED) is 0.460. The highest BCUT2D eigenvalue weighted by Gasteiger charge is 2.39. The smallest absolute Gasteiger partial charge is 0.266 e. The highest BCUT2D eigenvalue weighted by molar-refractivity contribution is 7.89. The molecule has 0 aliphatic carbocycles. The molecule has 2 heterocycles. The number of carbonyl (C=O) groups is 1. The Labute approximate surface area is 202 Å². The first-order valence-corrected chi connectivity index (χ1v) is 13.5. The van der Waals surface area contributed by atoms with Crippen molar-refractivity contribution in [1.29, 1.82) is 0 Å². The minimum atomic E-state index is -3.95. The molecule has 34 heavy (non-hydrogen) atoms. The zero-order valence-corrected chi connectivity index (χ0v) is 20.5. The third-order valence-electron chi connectivity index (χ3n) is 5.93. The second kappa shape index (κ2) is 10.2. The Balaban J connectivity index is 1.69. The molecule has 0 radical (unpaired) electrons. The average Bonchev–Trinajstić information content (AvgIpc) is 3.44. The topological polar surface area (TPSA) is 71.7 Å². The lowest BCUT2D eigenvalue weighted by atomic mass is 10.1. The van der Waals surface area contributed by atoms with E-state index in [2.05, 4.69) is 30.0 Å². The third kappa shape index (κ3) is 4.85. The monoisotopic (exact) mass is 499 g/mol. The average molecular weight is 500 g/mol. The lowest BCUT2D eigenvalue weighted by Gasteiger charge is -2.21. The number of terminal acetylenes is 1. The van der Waals surface area contributed by atoms with Crippen molar-refractivity contribution < 1.29 is 17.6 Å². The van der Waals surface area contributed by atoms with Crippen LogP contribution >= 0.6 is 11.3 Å². The molecule has 1 amide bonds. The number of aromatic nitrogens is 1. The lowest BCUT2D eigenvalue weighted by molar-refractivity contribution is -0.121. The fraction of sp³-hybridized carbons (Fsp3) is 0.360. The van der Waals surface area contributed by atoms with Crippen molar-refractivity contribution in [3.8, 4) is 12.3 Å². The number of carbonyl (C=O) groups excluding carboxylic acids is 1. The van der Waals surface area contributed by atoms with Crippen LogP contribution in [0.5, 0.6) is 0 Å². The summed E-state index contributed by atoms with van der Waals surface area (Å²) in [6, 6.07) is 9.88. The summed E-state index contributed by atoms with van der Waals surface area (Å²) in [5, 5.41) is 0. The van der Waals surface area contributed by atoms with Crippen molar-refractivity contribution in [1.82, 2.24) is 8.87 Å². The number of sulfonamides is 1. The fourth-order valence-electron chi connectivity index (χ4n) is 4.17. The van der Waals surface area contributed by atoms with Crippen LogP contribution < -0.4 is 4.80 Å². The molecular formula is C25H26FN3O3S2. The summed E-state index contributed by atoms with van der Waals surface area (Å²) < 4.78 is 43.5.